The molecule has 1 heterocycles. The van der Waals surface area contributed by atoms with E-state index in [1.807, 2.05) is 0 Å². The number of rotatable bonds is 3. The Morgan fingerprint density at radius 2 is 2.20 bits per heavy atom. The summed E-state index contributed by atoms with van der Waals surface area (Å²) in [7, 11) is 0. The van der Waals surface area contributed by atoms with Crippen LogP contribution in [0.3, 0.4) is 0 Å². The molecular formula is C13H25NO. The molecule has 0 radical (unpaired) electrons. The molecule has 1 fully saturated rings. The normalized spacial score (nSPS) is 24.3. The molecule has 1 atom stereocenters. The van der Waals surface area contributed by atoms with Gasteiger partial charge in [0.15, 0.2) is 0 Å². The second kappa shape index (κ2) is 5.66. The Morgan fingerprint density at radius 1 is 1.47 bits per heavy atom. The Kier molecular flexibility index (Phi) is 4.81. The molecule has 88 valence electrons. The van der Waals surface area contributed by atoms with Crippen molar-refractivity contribution < 1.29 is 4.74 Å². The van der Waals surface area contributed by atoms with E-state index < -0.39 is 0 Å². The van der Waals surface area contributed by atoms with E-state index in [9.17, 15) is 0 Å². The minimum atomic E-state index is 0.401. The highest BCUT2D eigenvalue weighted by atomic mass is 16.5. The Bertz CT molecular complexity index is 209. The Labute approximate surface area is 94.1 Å². The van der Waals surface area contributed by atoms with Crippen LogP contribution < -0.4 is 5.32 Å². The van der Waals surface area contributed by atoms with Gasteiger partial charge in [-0.3, -0.25) is 0 Å². The third-order valence-corrected chi connectivity index (χ3v) is 2.63. The van der Waals surface area contributed by atoms with Crippen molar-refractivity contribution in [3.8, 4) is 0 Å². The predicted molar refractivity (Wildman–Crippen MR) is 65.1 cm³/mol. The molecule has 15 heavy (non-hydrogen) atoms. The molecule has 0 aromatic rings. The number of morpholine rings is 1. The van der Waals surface area contributed by atoms with Gasteiger partial charge in [0, 0.05) is 12.6 Å². The van der Waals surface area contributed by atoms with E-state index in [0.717, 1.165) is 32.6 Å². The summed E-state index contributed by atoms with van der Waals surface area (Å²) >= 11 is 0. The summed E-state index contributed by atoms with van der Waals surface area (Å²) in [5, 5.41) is 3.48. The predicted octanol–water partition coefficient (Wildman–Crippen LogP) is 2.75. The van der Waals surface area contributed by atoms with E-state index in [0.29, 0.717) is 11.5 Å². The minimum Gasteiger partial charge on any atom is -0.379 e. The van der Waals surface area contributed by atoms with Gasteiger partial charge >= 0.3 is 0 Å². The van der Waals surface area contributed by atoms with Crippen molar-refractivity contribution in [2.75, 3.05) is 19.8 Å². The summed E-state index contributed by atoms with van der Waals surface area (Å²) in [5.74, 6) is 0. The zero-order chi connectivity index (χ0) is 11.3. The van der Waals surface area contributed by atoms with Gasteiger partial charge in [-0.15, -0.1) is 0 Å². The first-order valence-electron chi connectivity index (χ1n) is 5.94. The van der Waals surface area contributed by atoms with Gasteiger partial charge in [-0.2, -0.15) is 0 Å². The van der Waals surface area contributed by atoms with Crippen molar-refractivity contribution in [1.29, 1.82) is 0 Å². The summed E-state index contributed by atoms with van der Waals surface area (Å²) < 4.78 is 5.44. The van der Waals surface area contributed by atoms with Gasteiger partial charge in [-0.05, 0) is 25.2 Å². The molecule has 0 aliphatic carbocycles. The van der Waals surface area contributed by atoms with Crippen molar-refractivity contribution in [3.05, 3.63) is 11.6 Å². The van der Waals surface area contributed by atoms with Crippen LogP contribution in [0.2, 0.25) is 0 Å². The fraction of sp³-hybridized carbons (Fsp3) is 0.846. The molecular weight excluding hydrogens is 186 g/mol. The van der Waals surface area contributed by atoms with Crippen LogP contribution in [0.4, 0.5) is 0 Å². The van der Waals surface area contributed by atoms with Crippen LogP contribution >= 0.6 is 0 Å². The van der Waals surface area contributed by atoms with E-state index in [-0.39, 0.29) is 0 Å². The maximum atomic E-state index is 5.44. The maximum absolute atomic E-state index is 5.44. The topological polar surface area (TPSA) is 21.3 Å². The molecule has 0 saturated carbocycles. The number of nitrogens with one attached hydrogen (secondary N) is 1. The molecule has 0 spiro atoms. The van der Waals surface area contributed by atoms with Crippen LogP contribution in [0, 0.1) is 5.41 Å². The second-order valence-corrected chi connectivity index (χ2v) is 5.75. The Balaban J connectivity index is 2.30. The molecule has 1 rings (SSSR count). The van der Waals surface area contributed by atoms with Gasteiger partial charge in [-0.1, -0.05) is 32.4 Å². The molecule has 2 nitrogen and oxygen atoms in total. The molecule has 1 N–H and O–H groups in total. The van der Waals surface area contributed by atoms with Gasteiger partial charge in [0.1, 0.15) is 0 Å². The van der Waals surface area contributed by atoms with Gasteiger partial charge in [-0.25, -0.2) is 0 Å². The van der Waals surface area contributed by atoms with Crippen LogP contribution in [0.25, 0.3) is 0 Å². The van der Waals surface area contributed by atoms with Gasteiger partial charge < -0.3 is 10.1 Å². The minimum absolute atomic E-state index is 0.401. The third-order valence-electron chi connectivity index (χ3n) is 2.63. The fourth-order valence-electron chi connectivity index (χ4n) is 1.70. The molecule has 0 aromatic heterocycles. The first-order chi connectivity index (χ1) is 6.97. The van der Waals surface area contributed by atoms with Crippen LogP contribution in [-0.2, 0) is 4.74 Å². The zero-order valence-corrected chi connectivity index (χ0v) is 10.6. The highest BCUT2D eigenvalue weighted by molar-refractivity contribution is 5.02. The van der Waals surface area contributed by atoms with E-state index in [1.165, 1.54) is 5.57 Å². The highest BCUT2D eigenvalue weighted by Gasteiger charge is 2.13. The summed E-state index contributed by atoms with van der Waals surface area (Å²) in [6.07, 6.45) is 4.65. The van der Waals surface area contributed by atoms with E-state index >= 15 is 0 Å². The monoisotopic (exact) mass is 211 g/mol. The average molecular weight is 211 g/mol. The van der Waals surface area contributed by atoms with Crippen molar-refractivity contribution in [2.45, 2.75) is 46.6 Å². The molecule has 1 aliphatic rings. The molecule has 1 saturated heterocycles. The number of ether oxygens (including phenoxy) is 1. The number of allylic oxidation sites excluding steroid dienone is 1. The first kappa shape index (κ1) is 12.7. The molecule has 0 amide bonds. The van der Waals surface area contributed by atoms with E-state index in [4.69, 9.17) is 4.74 Å². The van der Waals surface area contributed by atoms with Crippen LogP contribution in [0.15, 0.2) is 11.6 Å². The standard InChI is InChI=1S/C13H25NO/c1-11(5-6-13(2,3)4)9-12-10-15-8-7-14-12/h5,12,14H,6-10H2,1-4H3. The van der Waals surface area contributed by atoms with E-state index in [2.05, 4.69) is 39.1 Å². The first-order valence-corrected chi connectivity index (χ1v) is 5.94. The summed E-state index contributed by atoms with van der Waals surface area (Å²) in [6.45, 7) is 11.8. The zero-order valence-electron chi connectivity index (χ0n) is 10.6. The highest BCUT2D eigenvalue weighted by Crippen LogP contribution is 2.21. The lowest BCUT2D eigenvalue weighted by Crippen LogP contribution is -2.41. The molecule has 0 aromatic carbocycles. The van der Waals surface area contributed by atoms with Crippen molar-refractivity contribution in [1.82, 2.24) is 5.32 Å². The molecule has 2 heteroatoms. The summed E-state index contributed by atoms with van der Waals surface area (Å²) in [4.78, 5) is 0. The lowest BCUT2D eigenvalue weighted by molar-refractivity contribution is 0.0769. The van der Waals surface area contributed by atoms with Crippen molar-refractivity contribution in [3.63, 3.8) is 0 Å². The lowest BCUT2D eigenvalue weighted by Gasteiger charge is -2.24. The Hall–Kier alpha value is -0.340. The van der Waals surface area contributed by atoms with Gasteiger partial charge in [0.05, 0.1) is 13.2 Å². The number of hydrogen-bond acceptors (Lipinski definition) is 2. The smallest absolute Gasteiger partial charge is 0.0623 e. The fourth-order valence-corrected chi connectivity index (χ4v) is 1.70. The molecule has 0 bridgehead atoms. The Morgan fingerprint density at radius 3 is 2.73 bits per heavy atom. The molecule has 1 unspecified atom stereocenters. The van der Waals surface area contributed by atoms with Crippen LogP contribution in [-0.4, -0.2) is 25.8 Å². The van der Waals surface area contributed by atoms with Gasteiger partial charge in [0.25, 0.3) is 0 Å². The maximum Gasteiger partial charge on any atom is 0.0623 e. The van der Waals surface area contributed by atoms with Crippen LogP contribution in [0.5, 0.6) is 0 Å². The lowest BCUT2D eigenvalue weighted by atomic mass is 9.90. The largest absolute Gasteiger partial charge is 0.379 e. The summed E-state index contributed by atoms with van der Waals surface area (Å²) in [6, 6.07) is 0.523. The van der Waals surface area contributed by atoms with Crippen molar-refractivity contribution >= 4 is 0 Å². The SMILES string of the molecule is CC(=CCC(C)(C)C)CC1COCCN1. The molecule has 1 aliphatic heterocycles. The second-order valence-electron chi connectivity index (χ2n) is 5.75. The summed E-state index contributed by atoms with van der Waals surface area (Å²) in [5.41, 5.74) is 1.88. The average Bonchev–Trinajstić information content (AvgIpc) is 2.15. The quantitative estimate of drug-likeness (QED) is 0.725. The van der Waals surface area contributed by atoms with Gasteiger partial charge in [0.2, 0.25) is 0 Å². The van der Waals surface area contributed by atoms with E-state index in [1.54, 1.807) is 0 Å². The van der Waals surface area contributed by atoms with Crippen molar-refractivity contribution in [2.24, 2.45) is 5.41 Å². The van der Waals surface area contributed by atoms with Crippen LogP contribution in [0.1, 0.15) is 40.5 Å². The number of hydrogen-bond donors (Lipinski definition) is 1. The third kappa shape index (κ3) is 5.95.